The van der Waals surface area contributed by atoms with Crippen molar-refractivity contribution in [1.29, 1.82) is 0 Å². The number of halogens is 1. The van der Waals surface area contributed by atoms with E-state index in [0.29, 0.717) is 6.54 Å². The Kier molecular flexibility index (Phi) is 2.99. The fraction of sp³-hybridized carbons (Fsp3) is 0.571. The van der Waals surface area contributed by atoms with E-state index in [2.05, 4.69) is 4.90 Å². The molecule has 1 aliphatic carbocycles. The molecule has 0 bridgehead atoms. The van der Waals surface area contributed by atoms with Crippen molar-refractivity contribution in [2.24, 2.45) is 5.73 Å². The second-order valence-corrected chi connectivity index (χ2v) is 5.25. The van der Waals surface area contributed by atoms with Crippen molar-refractivity contribution < 1.29 is 9.13 Å². The molecule has 1 saturated heterocycles. The Morgan fingerprint density at radius 1 is 1.28 bits per heavy atom. The molecule has 0 aromatic heterocycles. The highest BCUT2D eigenvalue weighted by Crippen LogP contribution is 2.50. The van der Waals surface area contributed by atoms with Crippen molar-refractivity contribution in [1.82, 2.24) is 0 Å². The van der Waals surface area contributed by atoms with Gasteiger partial charge in [-0.15, -0.1) is 0 Å². The van der Waals surface area contributed by atoms with Crippen LogP contribution in [0, 0.1) is 5.82 Å². The number of nitrogens with two attached hydrogens (primary N) is 1. The van der Waals surface area contributed by atoms with Gasteiger partial charge in [0.05, 0.1) is 13.2 Å². The van der Waals surface area contributed by atoms with Gasteiger partial charge in [-0.2, -0.15) is 0 Å². The Hall–Kier alpha value is -1.13. The maximum atomic E-state index is 13.5. The zero-order valence-corrected chi connectivity index (χ0v) is 10.5. The van der Waals surface area contributed by atoms with Gasteiger partial charge in [0.15, 0.2) is 0 Å². The van der Waals surface area contributed by atoms with Crippen LogP contribution in [0.2, 0.25) is 0 Å². The molecule has 1 aliphatic heterocycles. The molecule has 1 saturated carbocycles. The fourth-order valence-corrected chi connectivity index (χ4v) is 2.75. The predicted molar refractivity (Wildman–Crippen MR) is 69.4 cm³/mol. The third-order valence-corrected chi connectivity index (χ3v) is 4.13. The van der Waals surface area contributed by atoms with E-state index in [1.54, 1.807) is 12.1 Å². The first-order chi connectivity index (χ1) is 8.75. The van der Waals surface area contributed by atoms with Gasteiger partial charge in [0.1, 0.15) is 5.82 Å². The molecule has 3 nitrogen and oxygen atoms in total. The van der Waals surface area contributed by atoms with Gasteiger partial charge < -0.3 is 15.4 Å². The molecular weight excluding hydrogens is 231 g/mol. The molecule has 98 valence electrons. The Balaban J connectivity index is 1.97. The predicted octanol–water partition coefficient (Wildman–Crippen LogP) is 1.65. The Bertz CT molecular complexity index is 439. The zero-order valence-electron chi connectivity index (χ0n) is 10.5. The van der Waals surface area contributed by atoms with Crippen LogP contribution in [0.1, 0.15) is 18.4 Å². The van der Waals surface area contributed by atoms with E-state index >= 15 is 0 Å². The van der Waals surface area contributed by atoms with Gasteiger partial charge in [0, 0.05) is 30.7 Å². The van der Waals surface area contributed by atoms with Crippen LogP contribution in [0.15, 0.2) is 18.2 Å². The first-order valence-corrected chi connectivity index (χ1v) is 6.58. The molecule has 0 atom stereocenters. The number of hydrogen-bond acceptors (Lipinski definition) is 3. The van der Waals surface area contributed by atoms with Crippen LogP contribution in [-0.2, 0) is 10.2 Å². The molecule has 18 heavy (non-hydrogen) atoms. The van der Waals surface area contributed by atoms with E-state index in [4.69, 9.17) is 10.5 Å². The average Bonchev–Trinajstić information content (AvgIpc) is 3.21. The summed E-state index contributed by atoms with van der Waals surface area (Å²) in [7, 11) is 0. The average molecular weight is 250 g/mol. The number of nitrogens with zero attached hydrogens (tertiary/aromatic N) is 1. The largest absolute Gasteiger partial charge is 0.378 e. The van der Waals surface area contributed by atoms with Gasteiger partial charge >= 0.3 is 0 Å². The van der Waals surface area contributed by atoms with Gasteiger partial charge in [0.2, 0.25) is 0 Å². The lowest BCUT2D eigenvalue weighted by atomic mass is 9.93. The maximum Gasteiger partial charge on any atom is 0.123 e. The number of benzene rings is 1. The van der Waals surface area contributed by atoms with E-state index < -0.39 is 0 Å². The van der Waals surface area contributed by atoms with Crippen LogP contribution in [0.5, 0.6) is 0 Å². The second kappa shape index (κ2) is 4.52. The Morgan fingerprint density at radius 2 is 2.00 bits per heavy atom. The number of morpholine rings is 1. The summed E-state index contributed by atoms with van der Waals surface area (Å²) in [6.45, 7) is 3.84. The zero-order chi connectivity index (χ0) is 12.6. The monoisotopic (exact) mass is 250 g/mol. The smallest absolute Gasteiger partial charge is 0.123 e. The Labute approximate surface area is 107 Å². The molecule has 4 heteroatoms. The van der Waals surface area contributed by atoms with Crippen LogP contribution in [-0.4, -0.2) is 32.8 Å². The molecule has 1 aromatic rings. The van der Waals surface area contributed by atoms with Crippen LogP contribution in [0.4, 0.5) is 10.1 Å². The molecule has 0 unspecified atom stereocenters. The summed E-state index contributed by atoms with van der Waals surface area (Å²) >= 11 is 0. The molecule has 0 amide bonds. The van der Waals surface area contributed by atoms with E-state index in [0.717, 1.165) is 50.4 Å². The molecule has 2 fully saturated rings. The first kappa shape index (κ1) is 11.9. The molecule has 2 N–H and O–H groups in total. The van der Waals surface area contributed by atoms with Gasteiger partial charge in [0.25, 0.3) is 0 Å². The van der Waals surface area contributed by atoms with Crippen LogP contribution in [0.25, 0.3) is 0 Å². The van der Waals surface area contributed by atoms with Crippen molar-refractivity contribution in [3.8, 4) is 0 Å². The van der Waals surface area contributed by atoms with Crippen molar-refractivity contribution in [3.63, 3.8) is 0 Å². The summed E-state index contributed by atoms with van der Waals surface area (Å²) in [6, 6.07) is 5.11. The fourth-order valence-electron chi connectivity index (χ4n) is 2.75. The summed E-state index contributed by atoms with van der Waals surface area (Å²) in [5.74, 6) is -0.165. The molecular formula is C14H19FN2O. The highest BCUT2D eigenvalue weighted by molar-refractivity contribution is 5.59. The van der Waals surface area contributed by atoms with Gasteiger partial charge in [-0.25, -0.2) is 4.39 Å². The van der Waals surface area contributed by atoms with Crippen LogP contribution in [0.3, 0.4) is 0 Å². The lowest BCUT2D eigenvalue weighted by Gasteiger charge is -2.32. The number of anilines is 1. The topological polar surface area (TPSA) is 38.5 Å². The minimum atomic E-state index is -0.165. The van der Waals surface area contributed by atoms with E-state index in [1.807, 2.05) is 6.07 Å². The molecule has 1 heterocycles. The summed E-state index contributed by atoms with van der Waals surface area (Å²) in [5.41, 5.74) is 8.14. The number of ether oxygens (including phenoxy) is 1. The summed E-state index contributed by atoms with van der Waals surface area (Å²) in [5, 5.41) is 0. The van der Waals surface area contributed by atoms with Crippen molar-refractivity contribution >= 4 is 5.69 Å². The van der Waals surface area contributed by atoms with Crippen LogP contribution >= 0.6 is 0 Å². The van der Waals surface area contributed by atoms with Gasteiger partial charge in [-0.3, -0.25) is 0 Å². The summed E-state index contributed by atoms with van der Waals surface area (Å²) in [4.78, 5) is 2.29. The van der Waals surface area contributed by atoms with Crippen molar-refractivity contribution in [2.75, 3.05) is 37.7 Å². The molecule has 0 spiro atoms. The summed E-state index contributed by atoms with van der Waals surface area (Å²) in [6.07, 6.45) is 2.15. The second-order valence-electron chi connectivity index (χ2n) is 5.25. The minimum absolute atomic E-state index is 0.0235. The number of hydrogen-bond donors (Lipinski definition) is 1. The Morgan fingerprint density at radius 3 is 2.61 bits per heavy atom. The lowest BCUT2D eigenvalue weighted by molar-refractivity contribution is 0.122. The standard InChI is InChI=1S/C14H19FN2O/c15-11-1-2-13(17-5-7-18-8-6-17)12(9-11)14(10-16)3-4-14/h1-2,9H,3-8,10,16H2. The quantitative estimate of drug-likeness (QED) is 0.886. The molecule has 1 aromatic carbocycles. The molecule has 3 rings (SSSR count). The van der Waals surface area contributed by atoms with Crippen molar-refractivity contribution in [3.05, 3.63) is 29.6 Å². The lowest BCUT2D eigenvalue weighted by Crippen LogP contribution is -2.37. The summed E-state index contributed by atoms with van der Waals surface area (Å²) < 4.78 is 18.9. The normalized spacial score (nSPS) is 22.0. The highest BCUT2D eigenvalue weighted by Gasteiger charge is 2.45. The van der Waals surface area contributed by atoms with Gasteiger partial charge in [-0.05, 0) is 36.6 Å². The number of rotatable bonds is 3. The molecule has 0 radical (unpaired) electrons. The third kappa shape index (κ3) is 1.99. The van der Waals surface area contributed by atoms with Crippen molar-refractivity contribution in [2.45, 2.75) is 18.3 Å². The first-order valence-electron chi connectivity index (χ1n) is 6.58. The maximum absolute atomic E-state index is 13.5. The van der Waals surface area contributed by atoms with E-state index in [9.17, 15) is 4.39 Å². The van der Waals surface area contributed by atoms with Gasteiger partial charge in [-0.1, -0.05) is 0 Å². The SMILES string of the molecule is NCC1(c2cc(F)ccc2N2CCOCC2)CC1. The molecule has 2 aliphatic rings. The van der Waals surface area contributed by atoms with E-state index in [-0.39, 0.29) is 11.2 Å². The van der Waals surface area contributed by atoms with Crippen LogP contribution < -0.4 is 10.6 Å². The minimum Gasteiger partial charge on any atom is -0.378 e. The third-order valence-electron chi connectivity index (χ3n) is 4.13. The van der Waals surface area contributed by atoms with E-state index in [1.165, 1.54) is 0 Å². The highest BCUT2D eigenvalue weighted by atomic mass is 19.1.